The van der Waals surface area contributed by atoms with Gasteiger partial charge in [0, 0.05) is 24.6 Å². The lowest BCUT2D eigenvalue weighted by molar-refractivity contribution is 0.380. The molecule has 0 aliphatic rings. The molecule has 88 valence electrons. The molecule has 3 heterocycles. The number of nitrogens with zero attached hydrogens (tertiary/aromatic N) is 4. The normalized spacial score (nSPS) is 10.6. The molecule has 0 saturated carbocycles. The highest BCUT2D eigenvalue weighted by Gasteiger charge is 2.09. The number of hydrogen-bond acceptors (Lipinski definition) is 6. The molecule has 3 rings (SSSR count). The molecule has 0 aliphatic heterocycles. The monoisotopic (exact) mass is 256 g/mol. The number of thiophene rings is 1. The Kier molecular flexibility index (Phi) is 2.74. The van der Waals surface area contributed by atoms with E-state index in [1.807, 2.05) is 23.6 Å². The van der Waals surface area contributed by atoms with Crippen LogP contribution in [0.15, 0.2) is 28.2 Å². The van der Waals surface area contributed by atoms with E-state index in [-0.39, 0.29) is 0 Å². The minimum atomic E-state index is 0.379. The highest BCUT2D eigenvalue weighted by Crippen LogP contribution is 2.24. The molecule has 0 N–H and O–H groups in total. The number of aryl methyl sites for hydroxylation is 1. The van der Waals surface area contributed by atoms with Crippen LogP contribution < -0.4 is 0 Å². The number of aromatic nitrogens is 3. The van der Waals surface area contributed by atoms with Gasteiger partial charge in [-0.15, -0.1) is 11.3 Å². The van der Waals surface area contributed by atoms with Crippen molar-refractivity contribution in [1.82, 2.24) is 15.1 Å². The zero-order valence-corrected chi connectivity index (χ0v) is 10.1. The van der Waals surface area contributed by atoms with Crippen molar-refractivity contribution in [3.8, 4) is 17.5 Å². The van der Waals surface area contributed by atoms with E-state index in [1.165, 1.54) is 0 Å². The van der Waals surface area contributed by atoms with Gasteiger partial charge in [0.05, 0.1) is 16.3 Å². The summed E-state index contributed by atoms with van der Waals surface area (Å²) in [6.07, 6.45) is 2.59. The smallest absolute Gasteiger partial charge is 0.227 e. The number of hydrogen-bond donors (Lipinski definition) is 0. The first-order valence-corrected chi connectivity index (χ1v) is 6.28. The summed E-state index contributed by atoms with van der Waals surface area (Å²) in [7, 11) is 0. The summed E-state index contributed by atoms with van der Waals surface area (Å²) in [6.45, 7) is 0. The molecule has 0 unspecified atom stereocenters. The number of fused-ring (bicyclic) bond motifs is 1. The first kappa shape index (κ1) is 10.9. The Morgan fingerprint density at radius 1 is 1.44 bits per heavy atom. The number of nitriles is 1. The van der Waals surface area contributed by atoms with Crippen LogP contribution in [0.25, 0.3) is 21.6 Å². The van der Waals surface area contributed by atoms with E-state index in [2.05, 4.69) is 15.1 Å². The van der Waals surface area contributed by atoms with Crippen LogP contribution in [0.3, 0.4) is 0 Å². The van der Waals surface area contributed by atoms with Crippen molar-refractivity contribution in [3.63, 3.8) is 0 Å². The molecule has 3 aromatic rings. The third-order valence-electron chi connectivity index (χ3n) is 2.48. The third kappa shape index (κ3) is 1.96. The summed E-state index contributed by atoms with van der Waals surface area (Å²) in [5.41, 5.74) is 1.80. The van der Waals surface area contributed by atoms with Gasteiger partial charge in [0.25, 0.3) is 0 Å². The first-order chi connectivity index (χ1) is 8.86. The predicted molar refractivity (Wildman–Crippen MR) is 66.8 cm³/mol. The largest absolute Gasteiger partial charge is 0.339 e. The summed E-state index contributed by atoms with van der Waals surface area (Å²) in [6, 6.07) is 6.01. The van der Waals surface area contributed by atoms with Crippen molar-refractivity contribution >= 4 is 21.6 Å². The number of pyridine rings is 1. The molecule has 3 aromatic heterocycles. The zero-order chi connectivity index (χ0) is 12.4. The van der Waals surface area contributed by atoms with E-state index in [9.17, 15) is 0 Å². The maximum absolute atomic E-state index is 8.50. The van der Waals surface area contributed by atoms with Crippen molar-refractivity contribution in [1.29, 1.82) is 5.26 Å². The highest BCUT2D eigenvalue weighted by molar-refractivity contribution is 7.17. The van der Waals surface area contributed by atoms with Gasteiger partial charge >= 0.3 is 0 Å². The molecule has 5 nitrogen and oxygen atoms in total. The Bertz CT molecular complexity index is 725. The van der Waals surface area contributed by atoms with Crippen molar-refractivity contribution in [2.24, 2.45) is 0 Å². The van der Waals surface area contributed by atoms with Crippen LogP contribution >= 0.6 is 11.3 Å². The lowest BCUT2D eigenvalue weighted by Crippen LogP contribution is -1.85. The Labute approximate surface area is 107 Å². The SMILES string of the molecule is N#CCCc1nc(-c2cnc3ccsc3c2)no1. The van der Waals surface area contributed by atoms with Gasteiger partial charge in [-0.25, -0.2) is 0 Å². The van der Waals surface area contributed by atoms with Crippen LogP contribution in [0.1, 0.15) is 12.3 Å². The molecule has 0 aliphatic carbocycles. The van der Waals surface area contributed by atoms with E-state index < -0.39 is 0 Å². The molecule has 18 heavy (non-hydrogen) atoms. The zero-order valence-electron chi connectivity index (χ0n) is 9.33. The van der Waals surface area contributed by atoms with Crippen LogP contribution in [-0.2, 0) is 6.42 Å². The Hall–Kier alpha value is -2.26. The topological polar surface area (TPSA) is 75.6 Å². The van der Waals surface area contributed by atoms with Gasteiger partial charge in [-0.05, 0) is 17.5 Å². The molecular formula is C12H8N4OS. The molecular weight excluding hydrogens is 248 g/mol. The van der Waals surface area contributed by atoms with E-state index in [1.54, 1.807) is 17.5 Å². The van der Waals surface area contributed by atoms with Crippen LogP contribution in [-0.4, -0.2) is 15.1 Å². The van der Waals surface area contributed by atoms with Gasteiger partial charge < -0.3 is 4.52 Å². The molecule has 0 amide bonds. The van der Waals surface area contributed by atoms with Gasteiger partial charge in [-0.1, -0.05) is 5.16 Å². The first-order valence-electron chi connectivity index (χ1n) is 5.40. The summed E-state index contributed by atoms with van der Waals surface area (Å²) in [5, 5.41) is 14.4. The Balaban J connectivity index is 1.93. The van der Waals surface area contributed by atoms with Gasteiger partial charge in [0.1, 0.15) is 0 Å². The second-order valence-corrected chi connectivity index (χ2v) is 4.65. The minimum Gasteiger partial charge on any atom is -0.339 e. The molecule has 6 heteroatoms. The van der Waals surface area contributed by atoms with E-state index in [4.69, 9.17) is 9.78 Å². The van der Waals surface area contributed by atoms with E-state index >= 15 is 0 Å². The summed E-state index contributed by atoms with van der Waals surface area (Å²) in [5.74, 6) is 1.00. The lowest BCUT2D eigenvalue weighted by atomic mass is 10.2. The molecule has 0 fully saturated rings. The standard InChI is InChI=1S/C12H8N4OS/c13-4-1-2-11-15-12(16-17-11)8-6-10-9(14-7-8)3-5-18-10/h3,5-7H,1-2H2. The molecule has 0 aromatic carbocycles. The number of rotatable bonds is 3. The molecule has 0 atom stereocenters. The summed E-state index contributed by atoms with van der Waals surface area (Å²) < 4.78 is 6.17. The quantitative estimate of drug-likeness (QED) is 0.720. The van der Waals surface area contributed by atoms with E-state index in [0.29, 0.717) is 24.6 Å². The van der Waals surface area contributed by atoms with Crippen LogP contribution in [0.2, 0.25) is 0 Å². The van der Waals surface area contributed by atoms with Crippen molar-refractivity contribution in [2.45, 2.75) is 12.8 Å². The van der Waals surface area contributed by atoms with Crippen molar-refractivity contribution < 1.29 is 4.52 Å². The predicted octanol–water partition coefficient (Wildman–Crippen LogP) is 2.80. The van der Waals surface area contributed by atoms with Gasteiger partial charge in [0.2, 0.25) is 11.7 Å². The van der Waals surface area contributed by atoms with Crippen molar-refractivity contribution in [2.75, 3.05) is 0 Å². The average Bonchev–Trinajstić information content (AvgIpc) is 3.04. The Morgan fingerprint density at radius 2 is 2.39 bits per heavy atom. The maximum atomic E-state index is 8.50. The molecule has 0 saturated heterocycles. The van der Waals surface area contributed by atoms with Crippen LogP contribution in [0.5, 0.6) is 0 Å². The van der Waals surface area contributed by atoms with E-state index in [0.717, 1.165) is 15.8 Å². The van der Waals surface area contributed by atoms with Gasteiger partial charge in [-0.2, -0.15) is 10.2 Å². The molecule has 0 spiro atoms. The fourth-order valence-corrected chi connectivity index (χ4v) is 2.39. The summed E-state index contributed by atoms with van der Waals surface area (Å²) >= 11 is 1.63. The Morgan fingerprint density at radius 3 is 3.28 bits per heavy atom. The third-order valence-corrected chi connectivity index (χ3v) is 3.33. The minimum absolute atomic E-state index is 0.379. The van der Waals surface area contributed by atoms with Crippen LogP contribution in [0, 0.1) is 11.3 Å². The maximum Gasteiger partial charge on any atom is 0.227 e. The summed E-state index contributed by atoms with van der Waals surface area (Å²) in [4.78, 5) is 8.57. The molecule has 0 radical (unpaired) electrons. The highest BCUT2D eigenvalue weighted by atomic mass is 32.1. The lowest BCUT2D eigenvalue weighted by Gasteiger charge is -1.93. The van der Waals surface area contributed by atoms with Gasteiger partial charge in [0.15, 0.2) is 0 Å². The second kappa shape index (κ2) is 4.55. The van der Waals surface area contributed by atoms with Gasteiger partial charge in [-0.3, -0.25) is 4.98 Å². The molecule has 0 bridgehead atoms. The fourth-order valence-electron chi connectivity index (χ4n) is 1.61. The van der Waals surface area contributed by atoms with Crippen LogP contribution in [0.4, 0.5) is 0 Å². The average molecular weight is 256 g/mol. The van der Waals surface area contributed by atoms with Crippen molar-refractivity contribution in [3.05, 3.63) is 29.6 Å². The fraction of sp³-hybridized carbons (Fsp3) is 0.167. The second-order valence-electron chi connectivity index (χ2n) is 3.70.